The molecule has 0 N–H and O–H groups in total. The highest BCUT2D eigenvalue weighted by Crippen LogP contribution is 2.55. The van der Waals surface area contributed by atoms with Crippen LogP contribution in [0.5, 0.6) is 0 Å². The van der Waals surface area contributed by atoms with Crippen LogP contribution < -0.4 is 26.2 Å². The number of anilines is 6. The molecule has 0 radical (unpaired) electrons. The van der Waals surface area contributed by atoms with Crippen LogP contribution in [-0.4, -0.2) is 11.1 Å². The Labute approximate surface area is 600 Å². The monoisotopic (exact) mass is 1300 g/mol. The van der Waals surface area contributed by atoms with Crippen molar-refractivity contribution in [2.75, 3.05) is 9.80 Å². The van der Waals surface area contributed by atoms with Gasteiger partial charge in [0.05, 0.1) is 37.5 Å². The summed E-state index contributed by atoms with van der Waals surface area (Å²) in [6, 6.07) is 89.6. The molecule has 2 aliphatic heterocycles. The van der Waals surface area contributed by atoms with Gasteiger partial charge in [-0.1, -0.05) is 293 Å². The largest absolute Gasteiger partial charge is 0.456 e. The zero-order valence-electron chi connectivity index (χ0n) is 65.1. The molecule has 0 atom stereocenters. The first kappa shape index (κ1) is 53.3. The molecule has 0 saturated heterocycles. The van der Waals surface area contributed by atoms with Gasteiger partial charge in [-0.2, -0.15) is 0 Å². The van der Waals surface area contributed by atoms with Crippen LogP contribution in [0.4, 0.5) is 34.1 Å². The third kappa shape index (κ3) is 9.43. The quantitative estimate of drug-likeness (QED) is 0.155. The van der Waals surface area contributed by atoms with Gasteiger partial charge in [0.25, 0.3) is 6.71 Å². The minimum absolute atomic E-state index is 0.117. The lowest BCUT2D eigenvalue weighted by atomic mass is 9.33. The molecule has 0 fully saturated rings. The maximum absolute atomic E-state index is 10.3. The van der Waals surface area contributed by atoms with Crippen LogP contribution in [0.3, 0.4) is 0 Å². The molecule has 0 aliphatic carbocycles. The Bertz CT molecular complexity index is 6720. The first-order chi connectivity index (χ1) is 51.9. The number of hydrogen-bond donors (Lipinski definition) is 0. The van der Waals surface area contributed by atoms with Crippen molar-refractivity contribution in [2.45, 2.75) is 78.6 Å². The summed E-state index contributed by atoms with van der Waals surface area (Å²) in [5.41, 5.74) is 22.4. The van der Waals surface area contributed by atoms with Crippen LogP contribution in [0.25, 0.3) is 126 Å². The molecule has 19 rings (SSSR count). The number of nitrogens with zero attached hydrogens (tertiary/aromatic N) is 3. The van der Waals surface area contributed by atoms with E-state index in [2.05, 4.69) is 291 Å². The average Bonchev–Trinajstić information content (AvgIpc) is 0.977. The second kappa shape index (κ2) is 22.4. The van der Waals surface area contributed by atoms with Gasteiger partial charge in [0.15, 0.2) is 0 Å². The molecule has 2 aliphatic rings. The number of aromatic nitrogens is 1. The molecule has 5 heterocycles. The zero-order valence-corrected chi connectivity index (χ0v) is 58.1. The number of rotatable bonds is 6. The van der Waals surface area contributed by atoms with Gasteiger partial charge in [-0.3, -0.25) is 0 Å². The van der Waals surface area contributed by atoms with E-state index in [-0.39, 0.29) is 57.3 Å². The summed E-state index contributed by atoms with van der Waals surface area (Å²) in [6.07, 6.45) is 0. The van der Waals surface area contributed by atoms with Crippen molar-refractivity contribution in [1.82, 2.24) is 4.40 Å². The fourth-order valence-corrected chi connectivity index (χ4v) is 16.5. The minimum atomic E-state index is -0.529. The molecule has 0 spiro atoms. The third-order valence-corrected chi connectivity index (χ3v) is 21.5. The van der Waals surface area contributed by atoms with Crippen LogP contribution in [0.2, 0.25) is 0 Å². The van der Waals surface area contributed by atoms with Crippen molar-refractivity contribution in [2.24, 2.45) is 0 Å². The van der Waals surface area contributed by atoms with E-state index in [9.17, 15) is 9.60 Å². The Morgan fingerprint density at radius 3 is 1.45 bits per heavy atom. The van der Waals surface area contributed by atoms with E-state index in [1.165, 1.54) is 5.56 Å². The molecule has 3 aromatic heterocycles. The Morgan fingerprint density at radius 2 is 0.812 bits per heavy atom. The number of benzene rings is 14. The van der Waals surface area contributed by atoms with Gasteiger partial charge in [-0.15, -0.1) is 0 Å². The minimum Gasteiger partial charge on any atom is -0.456 e. The van der Waals surface area contributed by atoms with Gasteiger partial charge in [0, 0.05) is 71.8 Å². The van der Waals surface area contributed by atoms with Crippen LogP contribution in [0.15, 0.2) is 302 Å². The molecule has 0 unspecified atom stereocenters. The first-order valence-corrected chi connectivity index (χ1v) is 35.2. The molecule has 484 valence electrons. The van der Waals surface area contributed by atoms with Crippen molar-refractivity contribution in [3.63, 3.8) is 0 Å². The van der Waals surface area contributed by atoms with Crippen LogP contribution >= 0.6 is 0 Å². The number of hydrogen-bond acceptors (Lipinski definition) is 3. The topological polar surface area (TPSA) is 24.0 Å². The Kier molecular flexibility index (Phi) is 11.8. The van der Waals surface area contributed by atoms with E-state index < -0.39 is 24.2 Å². The van der Waals surface area contributed by atoms with Crippen molar-refractivity contribution >= 4 is 139 Å². The van der Waals surface area contributed by atoms with Gasteiger partial charge >= 0.3 is 0 Å². The zero-order chi connectivity index (χ0) is 74.5. The molecule has 0 saturated carbocycles. The second-order valence-electron chi connectivity index (χ2n) is 30.6. The van der Waals surface area contributed by atoms with E-state index in [0.717, 1.165) is 150 Å². The lowest BCUT2D eigenvalue weighted by Gasteiger charge is -2.46. The first-order valence-electron chi connectivity index (χ1n) is 38.7. The van der Waals surface area contributed by atoms with E-state index in [0.29, 0.717) is 21.8 Å². The van der Waals surface area contributed by atoms with Gasteiger partial charge in [0.2, 0.25) is 0 Å². The summed E-state index contributed by atoms with van der Waals surface area (Å²) in [6.45, 7) is 20.1. The summed E-state index contributed by atoms with van der Waals surface area (Å²) < 4.78 is 77.8. The fourth-order valence-electron chi connectivity index (χ4n) is 16.5. The van der Waals surface area contributed by atoms with E-state index >= 15 is 0 Å². The molecule has 4 nitrogen and oxygen atoms in total. The van der Waals surface area contributed by atoms with Crippen LogP contribution in [0.1, 0.15) is 88.6 Å². The Balaban J connectivity index is 1.08. The normalized spacial score (nSPS) is 14.1. The molecule has 17 aromatic rings. The van der Waals surface area contributed by atoms with Crippen molar-refractivity contribution in [3.8, 4) is 44.5 Å². The maximum Gasteiger partial charge on any atom is 0.252 e. The molecule has 5 heteroatoms. The molecule has 0 amide bonds. The fraction of sp³-hybridized carbons (Fsp3) is 0.125. The van der Waals surface area contributed by atoms with Crippen molar-refractivity contribution in [1.29, 1.82) is 0 Å². The summed E-state index contributed by atoms with van der Waals surface area (Å²) >= 11 is 0. The lowest BCUT2D eigenvalue weighted by Crippen LogP contribution is -2.61. The van der Waals surface area contributed by atoms with Crippen LogP contribution in [-0.2, 0) is 16.2 Å². The average molecular weight is 1310 g/mol. The summed E-state index contributed by atoms with van der Waals surface area (Å²) in [5.74, 6) is 0. The van der Waals surface area contributed by atoms with E-state index in [4.69, 9.17) is 4.42 Å². The predicted octanol–water partition coefficient (Wildman–Crippen LogP) is 24.8. The predicted molar refractivity (Wildman–Crippen MR) is 433 cm³/mol. The number of para-hydroxylation sites is 3. The molecule has 101 heavy (non-hydrogen) atoms. The SMILES string of the molecule is [2H]c1c([2H])c([2H])c2c(c1[2H])c1c([2H])c([2H])c([2H])c3c4ccccc4c4ccccc4c4cc5c(cc4n2c31)N(c1ccc(C(C)(C)C)cc1-c1ccccc1)c1cc(C(C)(C)C)cc2c1B5c1cc(-c3cccc4oc5ccccc5c34)ccc1N2c1c(-c2ccccc2)cc(C(C)(C)C)cc1-c1ccccc1. The Morgan fingerprint density at radius 1 is 0.317 bits per heavy atom. The molecular weight excluding hydrogens is 1220 g/mol. The van der Waals surface area contributed by atoms with E-state index in [1.54, 1.807) is 0 Å². The summed E-state index contributed by atoms with van der Waals surface area (Å²) in [7, 11) is 0. The maximum atomic E-state index is 10.3. The standard InChI is InChI=1S/C96H76BN3O/c1-94(2,3)63-48-50-82(75(52-63)59-29-13-10-14-30-59)98-85-58-84-78(70-38-22-20-36-68(70)67-35-19-21-37-69(67)72-42-27-43-73-71-39-23-25-44-81(71)99(84)92(72)73)57-80(85)97-79-51-62(66-41-28-46-89-90(66)74-40-24-26-45-88(74)101-89)47-49-83(79)100(87-56-65(96(7,8)9)55-86(98)91(87)97)93-76(60-31-15-11-16-32-60)53-64(95(4,5)6)54-77(93)61-33-17-12-18-34-61/h10-58H,1-9H3/i23D,25D,27D,39D,42D,43D,44D. The van der Waals surface area contributed by atoms with Gasteiger partial charge < -0.3 is 18.6 Å². The third-order valence-electron chi connectivity index (χ3n) is 21.5. The summed E-state index contributed by atoms with van der Waals surface area (Å²) in [4.78, 5) is 5.09. The highest BCUT2D eigenvalue weighted by Gasteiger charge is 2.46. The lowest BCUT2D eigenvalue weighted by molar-refractivity contribution is 0.590. The van der Waals surface area contributed by atoms with E-state index in [1.807, 2.05) is 40.8 Å². The number of fused-ring (bicyclic) bond motifs is 17. The van der Waals surface area contributed by atoms with Crippen LogP contribution in [0, 0.1) is 0 Å². The van der Waals surface area contributed by atoms with Gasteiger partial charge in [-0.05, 0) is 165 Å². The highest BCUT2D eigenvalue weighted by atomic mass is 16.3. The van der Waals surface area contributed by atoms with Crippen molar-refractivity contribution in [3.05, 3.63) is 314 Å². The second-order valence-corrected chi connectivity index (χ2v) is 30.6. The Hall–Kier alpha value is -11.7. The summed E-state index contributed by atoms with van der Waals surface area (Å²) in [5, 5.41) is 6.61. The van der Waals surface area contributed by atoms with Gasteiger partial charge in [-0.25, -0.2) is 0 Å². The molecule has 14 aromatic carbocycles. The van der Waals surface area contributed by atoms with Crippen molar-refractivity contribution < 1.29 is 14.0 Å². The smallest absolute Gasteiger partial charge is 0.252 e. The number of furan rings is 1. The molecule has 0 bridgehead atoms. The highest BCUT2D eigenvalue weighted by molar-refractivity contribution is 7.00. The van der Waals surface area contributed by atoms with Gasteiger partial charge in [0.1, 0.15) is 11.2 Å². The molecular formula is C96H76BN3O.